The van der Waals surface area contributed by atoms with Crippen LogP contribution < -0.4 is 0 Å². The van der Waals surface area contributed by atoms with Gasteiger partial charge in [0.05, 0.1) is 0 Å². The van der Waals surface area contributed by atoms with Crippen molar-refractivity contribution in [3.63, 3.8) is 0 Å². The fourth-order valence-corrected chi connectivity index (χ4v) is 3.98. The number of rotatable bonds is 2. The van der Waals surface area contributed by atoms with Crippen LogP contribution in [0.25, 0.3) is 0 Å². The fourth-order valence-electron chi connectivity index (χ4n) is 3.68. The Labute approximate surface area is 113 Å². The minimum Gasteiger partial charge on any atom is -0.411 e. The molecular formula is C14H27N2OP. The highest BCUT2D eigenvalue weighted by Gasteiger charge is 2.26. The lowest BCUT2D eigenvalue weighted by atomic mass is 9.76. The minimum atomic E-state index is 0.518. The van der Waals surface area contributed by atoms with Gasteiger partial charge in [-0.2, -0.15) is 0 Å². The van der Waals surface area contributed by atoms with E-state index in [1.807, 2.05) is 0 Å². The maximum Gasteiger partial charge on any atom is 0.0466 e. The molecule has 1 unspecified atom stereocenters. The highest BCUT2D eigenvalue weighted by Crippen LogP contribution is 2.35. The van der Waals surface area contributed by atoms with Crippen molar-refractivity contribution in [3.05, 3.63) is 0 Å². The van der Waals surface area contributed by atoms with Gasteiger partial charge in [-0.05, 0) is 43.4 Å². The second-order valence-corrected chi connectivity index (χ2v) is 6.75. The van der Waals surface area contributed by atoms with Crippen LogP contribution in [0.3, 0.4) is 0 Å². The van der Waals surface area contributed by atoms with E-state index < -0.39 is 0 Å². The van der Waals surface area contributed by atoms with E-state index in [9.17, 15) is 0 Å². The maximum absolute atomic E-state index is 8.62. The quantitative estimate of drug-likeness (QED) is 0.360. The summed E-state index contributed by atoms with van der Waals surface area (Å²) in [5.74, 6) is 2.44. The third-order valence-electron chi connectivity index (χ3n) is 4.82. The number of nitrogens with zero attached hydrogens (tertiary/aromatic N) is 2. The summed E-state index contributed by atoms with van der Waals surface area (Å²) < 4.78 is 2.38. The van der Waals surface area contributed by atoms with Crippen molar-refractivity contribution in [1.82, 2.24) is 4.67 Å². The van der Waals surface area contributed by atoms with E-state index in [-0.39, 0.29) is 0 Å². The van der Waals surface area contributed by atoms with Crippen molar-refractivity contribution in [1.29, 1.82) is 0 Å². The van der Waals surface area contributed by atoms with E-state index in [2.05, 4.69) is 19.2 Å². The van der Waals surface area contributed by atoms with Gasteiger partial charge in [-0.1, -0.05) is 35.1 Å². The second-order valence-electron chi connectivity index (χ2n) is 6.02. The lowest BCUT2D eigenvalue weighted by Crippen LogP contribution is -2.30. The van der Waals surface area contributed by atoms with Crippen LogP contribution >= 0.6 is 9.39 Å². The summed E-state index contributed by atoms with van der Waals surface area (Å²) in [6.07, 6.45) is 12.3. The van der Waals surface area contributed by atoms with Gasteiger partial charge in [0.1, 0.15) is 0 Å². The molecule has 2 fully saturated rings. The Balaban J connectivity index is 1.78. The van der Waals surface area contributed by atoms with Crippen molar-refractivity contribution < 1.29 is 5.21 Å². The van der Waals surface area contributed by atoms with E-state index >= 15 is 0 Å². The van der Waals surface area contributed by atoms with Gasteiger partial charge in [0.2, 0.25) is 0 Å². The summed E-state index contributed by atoms with van der Waals surface area (Å²) in [5.41, 5.74) is 0. The van der Waals surface area contributed by atoms with E-state index in [1.165, 1.54) is 64.5 Å². The summed E-state index contributed by atoms with van der Waals surface area (Å²) in [6.45, 7) is 2.51. The molecule has 4 heteroatoms. The van der Waals surface area contributed by atoms with Crippen LogP contribution in [0.1, 0.15) is 51.4 Å². The van der Waals surface area contributed by atoms with Crippen molar-refractivity contribution >= 4 is 15.6 Å². The van der Waals surface area contributed by atoms with Crippen LogP contribution in [-0.4, -0.2) is 29.2 Å². The number of piperidine rings is 1. The van der Waals surface area contributed by atoms with Crippen LogP contribution in [-0.2, 0) is 0 Å². The van der Waals surface area contributed by atoms with E-state index in [1.54, 1.807) is 6.21 Å². The predicted octanol–water partition coefficient (Wildman–Crippen LogP) is 3.54. The van der Waals surface area contributed by atoms with Gasteiger partial charge >= 0.3 is 0 Å². The summed E-state index contributed by atoms with van der Waals surface area (Å²) >= 11 is 0. The molecule has 2 rings (SSSR count). The van der Waals surface area contributed by atoms with Crippen molar-refractivity contribution in [2.24, 2.45) is 22.9 Å². The fraction of sp³-hybridized carbons (Fsp3) is 0.929. The van der Waals surface area contributed by atoms with Gasteiger partial charge < -0.3 is 5.21 Å². The van der Waals surface area contributed by atoms with Gasteiger partial charge in [-0.15, -0.1) is 5.16 Å². The molecule has 3 nitrogen and oxygen atoms in total. The normalized spacial score (nSPS) is 33.4. The average molecular weight is 270 g/mol. The molecule has 0 aromatic heterocycles. The summed E-state index contributed by atoms with van der Waals surface area (Å²) in [6, 6.07) is 0. The van der Waals surface area contributed by atoms with Gasteiger partial charge in [-0.3, -0.25) is 4.67 Å². The molecule has 1 saturated carbocycles. The second kappa shape index (κ2) is 7.45. The van der Waals surface area contributed by atoms with Gasteiger partial charge in [0, 0.05) is 19.3 Å². The van der Waals surface area contributed by atoms with Gasteiger partial charge in [0.25, 0.3) is 0 Å². The molecule has 1 aliphatic heterocycles. The molecule has 1 heterocycles. The highest BCUT2D eigenvalue weighted by atomic mass is 31.0. The predicted molar refractivity (Wildman–Crippen MR) is 79.0 cm³/mol. The lowest BCUT2D eigenvalue weighted by Gasteiger charge is -2.35. The molecule has 1 aliphatic carbocycles. The standard InChI is InChI=1S/C14H27N2OP/c17-15-11-12-3-1-5-13(6-2-4-12)14-7-9-16(18)10-8-14/h11-14,17H,1-10,18H2/b15-11+. The number of hydrogen-bond donors (Lipinski definition) is 1. The Morgan fingerprint density at radius 2 is 1.50 bits per heavy atom. The smallest absolute Gasteiger partial charge is 0.0466 e. The SMILES string of the molecule is O/N=C/C1CCCC(C2CCN(P)CC2)CCC1. The molecule has 18 heavy (non-hydrogen) atoms. The summed E-state index contributed by atoms with van der Waals surface area (Å²) in [7, 11) is 2.84. The van der Waals surface area contributed by atoms with Crippen LogP contribution in [0.15, 0.2) is 5.16 Å². The van der Waals surface area contributed by atoms with Crippen LogP contribution in [0.2, 0.25) is 0 Å². The Bertz CT molecular complexity index is 255. The molecule has 2 aliphatic rings. The summed E-state index contributed by atoms with van der Waals surface area (Å²) in [5, 5.41) is 11.8. The van der Waals surface area contributed by atoms with Crippen molar-refractivity contribution in [2.45, 2.75) is 51.4 Å². The summed E-state index contributed by atoms with van der Waals surface area (Å²) in [4.78, 5) is 0. The molecule has 1 saturated heterocycles. The van der Waals surface area contributed by atoms with Crippen LogP contribution in [0.5, 0.6) is 0 Å². The molecule has 0 aromatic rings. The number of oxime groups is 1. The Morgan fingerprint density at radius 3 is 2.06 bits per heavy atom. The molecule has 0 amide bonds. The Hall–Kier alpha value is -0.140. The Morgan fingerprint density at radius 1 is 0.944 bits per heavy atom. The first-order valence-corrected chi connectivity index (χ1v) is 7.98. The number of hydrogen-bond acceptors (Lipinski definition) is 3. The molecule has 1 N–H and O–H groups in total. The lowest BCUT2D eigenvalue weighted by molar-refractivity contribution is 0.182. The molecule has 104 valence electrons. The molecule has 0 bridgehead atoms. The van der Waals surface area contributed by atoms with Crippen molar-refractivity contribution in [2.75, 3.05) is 13.1 Å². The van der Waals surface area contributed by atoms with Gasteiger partial charge in [0.15, 0.2) is 0 Å². The van der Waals surface area contributed by atoms with Crippen LogP contribution in [0, 0.1) is 17.8 Å². The molecule has 0 radical (unpaired) electrons. The highest BCUT2D eigenvalue weighted by molar-refractivity contribution is 7.13. The average Bonchev–Trinajstić information content (AvgIpc) is 2.34. The van der Waals surface area contributed by atoms with Gasteiger partial charge in [-0.25, -0.2) is 0 Å². The Kier molecular flexibility index (Phi) is 5.91. The third-order valence-corrected chi connectivity index (χ3v) is 5.33. The topological polar surface area (TPSA) is 35.8 Å². The molecule has 1 atom stereocenters. The maximum atomic E-state index is 8.62. The van der Waals surface area contributed by atoms with E-state index in [0.717, 1.165) is 11.8 Å². The first-order valence-electron chi connectivity index (χ1n) is 7.47. The minimum absolute atomic E-state index is 0.518. The zero-order valence-corrected chi connectivity index (χ0v) is 12.5. The third kappa shape index (κ3) is 4.20. The van der Waals surface area contributed by atoms with Crippen LogP contribution in [0.4, 0.5) is 0 Å². The zero-order chi connectivity index (χ0) is 12.8. The first-order chi connectivity index (χ1) is 8.79. The van der Waals surface area contributed by atoms with E-state index in [4.69, 9.17) is 5.21 Å². The first kappa shape index (κ1) is 14.3. The largest absolute Gasteiger partial charge is 0.411 e. The zero-order valence-electron chi connectivity index (χ0n) is 11.3. The van der Waals surface area contributed by atoms with E-state index in [0.29, 0.717) is 5.92 Å². The molecular weight excluding hydrogens is 243 g/mol. The molecule has 0 aromatic carbocycles. The molecule has 0 spiro atoms. The monoisotopic (exact) mass is 270 g/mol. The van der Waals surface area contributed by atoms with Crippen molar-refractivity contribution in [3.8, 4) is 0 Å².